The molecule has 3 aromatic rings. The Hall–Kier alpha value is -3.31. The fraction of sp³-hybridized carbons (Fsp3) is 0.296. The molecule has 2 atom stereocenters. The second-order valence-corrected chi connectivity index (χ2v) is 10.1. The van der Waals surface area contributed by atoms with Crippen LogP contribution in [0.25, 0.3) is 0 Å². The average molecular weight is 523 g/mol. The van der Waals surface area contributed by atoms with Crippen molar-refractivity contribution in [1.82, 2.24) is 9.80 Å². The highest BCUT2D eigenvalue weighted by Gasteiger charge is 2.64. The van der Waals surface area contributed by atoms with E-state index in [1.165, 1.54) is 9.80 Å². The van der Waals surface area contributed by atoms with Crippen LogP contribution in [0.15, 0.2) is 59.0 Å². The zero-order valence-electron chi connectivity index (χ0n) is 19.9. The molecule has 184 valence electrons. The molecule has 2 aromatic carbocycles. The van der Waals surface area contributed by atoms with Gasteiger partial charge in [0.1, 0.15) is 17.1 Å². The van der Waals surface area contributed by atoms with Gasteiger partial charge in [0.25, 0.3) is 5.91 Å². The quantitative estimate of drug-likeness (QED) is 0.415. The van der Waals surface area contributed by atoms with Gasteiger partial charge in [0, 0.05) is 42.5 Å². The van der Waals surface area contributed by atoms with Crippen LogP contribution in [0.3, 0.4) is 0 Å². The van der Waals surface area contributed by atoms with Crippen molar-refractivity contribution in [3.05, 3.63) is 87.3 Å². The van der Waals surface area contributed by atoms with Gasteiger partial charge in [0.2, 0.25) is 0 Å². The second-order valence-electron chi connectivity index (χ2n) is 9.21. The summed E-state index contributed by atoms with van der Waals surface area (Å²) in [5.41, 5.74) is 0.592. The molecule has 0 saturated carbocycles. The third-order valence-corrected chi connectivity index (χ3v) is 7.56. The lowest BCUT2D eigenvalue weighted by Crippen LogP contribution is -2.53. The van der Waals surface area contributed by atoms with E-state index in [2.05, 4.69) is 11.0 Å². The van der Waals surface area contributed by atoms with Crippen LogP contribution < -0.4 is 4.90 Å². The van der Waals surface area contributed by atoms with Gasteiger partial charge in [-0.2, -0.15) is 5.26 Å². The molecular weight excluding hydrogens is 499 g/mol. The van der Waals surface area contributed by atoms with Crippen molar-refractivity contribution in [2.45, 2.75) is 31.3 Å². The third kappa shape index (κ3) is 3.96. The molecule has 9 heteroatoms. The highest BCUT2D eigenvalue weighted by atomic mass is 35.5. The smallest absolute Gasteiger partial charge is 0.332 e. The normalized spacial score (nSPS) is 22.1. The molecule has 0 aliphatic carbocycles. The number of benzene rings is 2. The van der Waals surface area contributed by atoms with Crippen molar-refractivity contribution in [3.63, 3.8) is 0 Å². The third-order valence-electron chi connectivity index (χ3n) is 7.12. The number of nitrogens with zero attached hydrogens (tertiary/aromatic N) is 4. The topological polar surface area (TPSA) is 80.8 Å². The number of aryl methyl sites for hydroxylation is 1. The van der Waals surface area contributed by atoms with E-state index in [4.69, 9.17) is 27.6 Å². The lowest BCUT2D eigenvalue weighted by Gasteiger charge is -2.34. The Morgan fingerprint density at radius 2 is 1.72 bits per heavy atom. The maximum absolute atomic E-state index is 14.2. The Labute approximate surface area is 219 Å². The number of likely N-dealkylation sites (N-methyl/N-ethyl adjacent to an activating group) is 1. The number of carbonyl (C=O) groups is 2. The first-order chi connectivity index (χ1) is 17.3. The Balaban J connectivity index is 1.57. The molecular formula is C27H24Cl2N4O3. The minimum Gasteiger partial charge on any atom is -0.465 e. The van der Waals surface area contributed by atoms with Gasteiger partial charge in [0.15, 0.2) is 0 Å². The van der Waals surface area contributed by atoms with Gasteiger partial charge in [0.05, 0.1) is 23.9 Å². The molecule has 2 aliphatic rings. The summed E-state index contributed by atoms with van der Waals surface area (Å²) in [5.74, 6) is 1.04. The van der Waals surface area contributed by atoms with Crippen LogP contribution >= 0.6 is 23.2 Å². The molecule has 1 spiro atoms. The molecule has 0 unspecified atom stereocenters. The van der Waals surface area contributed by atoms with Gasteiger partial charge in [-0.1, -0.05) is 42.3 Å². The van der Waals surface area contributed by atoms with Gasteiger partial charge in [-0.25, -0.2) is 9.69 Å². The standard InChI is InChI=1S/C27H24Cl2N4O3/c1-3-22-8-9-23(36-22)14-32-15-24(18-6-4-17(13-30)5-7-18)27(16-32)25(34)33(26(35)31(27)2)21-11-19(28)10-20(29)12-21/h4-12,24H,3,14-16H2,1-2H3/t24-,27+/m0/s1. The minimum atomic E-state index is -1.15. The molecule has 2 fully saturated rings. The molecule has 3 amide bonds. The summed E-state index contributed by atoms with van der Waals surface area (Å²) in [6, 6.07) is 17.5. The first-order valence-corrected chi connectivity index (χ1v) is 12.4. The monoisotopic (exact) mass is 522 g/mol. The summed E-state index contributed by atoms with van der Waals surface area (Å²) >= 11 is 12.4. The Kier molecular flexibility index (Phi) is 6.29. The van der Waals surface area contributed by atoms with Crippen molar-refractivity contribution in [2.24, 2.45) is 0 Å². The number of furan rings is 1. The lowest BCUT2D eigenvalue weighted by atomic mass is 9.80. The molecule has 3 heterocycles. The van der Waals surface area contributed by atoms with Crippen LogP contribution in [0.2, 0.25) is 10.0 Å². The van der Waals surface area contributed by atoms with Gasteiger partial charge in [-0.05, 0) is 48.0 Å². The molecule has 5 rings (SSSR count). The van der Waals surface area contributed by atoms with E-state index in [0.717, 1.165) is 23.5 Å². The summed E-state index contributed by atoms with van der Waals surface area (Å²) in [6.07, 6.45) is 0.796. The Morgan fingerprint density at radius 3 is 2.33 bits per heavy atom. The van der Waals surface area contributed by atoms with Gasteiger partial charge >= 0.3 is 6.03 Å². The average Bonchev–Trinajstić information content (AvgIpc) is 3.52. The van der Waals surface area contributed by atoms with E-state index in [1.807, 2.05) is 31.2 Å². The highest BCUT2D eigenvalue weighted by Crippen LogP contribution is 2.47. The second kappa shape index (κ2) is 9.29. The molecule has 7 nitrogen and oxygen atoms in total. The van der Waals surface area contributed by atoms with E-state index in [9.17, 15) is 14.9 Å². The number of likely N-dealkylation sites (tertiary alicyclic amines) is 1. The molecule has 0 N–H and O–H groups in total. The number of carbonyl (C=O) groups excluding carboxylic acids is 2. The maximum Gasteiger partial charge on any atom is 0.332 e. The number of urea groups is 1. The van der Waals surface area contributed by atoms with Crippen molar-refractivity contribution in [1.29, 1.82) is 5.26 Å². The van der Waals surface area contributed by atoms with Crippen LogP contribution in [-0.2, 0) is 17.8 Å². The Bertz CT molecular complexity index is 1360. The lowest BCUT2D eigenvalue weighted by molar-refractivity contribution is -0.124. The van der Waals surface area contributed by atoms with Crippen LogP contribution in [0, 0.1) is 11.3 Å². The first-order valence-electron chi connectivity index (χ1n) is 11.6. The van der Waals surface area contributed by atoms with Crippen LogP contribution in [-0.4, -0.2) is 47.4 Å². The number of hydrogen-bond donors (Lipinski definition) is 0. The van der Waals surface area contributed by atoms with Crippen LogP contribution in [0.1, 0.15) is 35.5 Å². The molecule has 2 saturated heterocycles. The fourth-order valence-corrected chi connectivity index (χ4v) is 5.85. The Morgan fingerprint density at radius 1 is 1.06 bits per heavy atom. The molecule has 1 aromatic heterocycles. The van der Waals surface area contributed by atoms with Gasteiger partial charge in [-0.3, -0.25) is 9.69 Å². The fourth-order valence-electron chi connectivity index (χ4n) is 5.33. The maximum atomic E-state index is 14.2. The number of amides is 3. The van der Waals surface area contributed by atoms with Gasteiger partial charge in [-0.15, -0.1) is 0 Å². The van der Waals surface area contributed by atoms with Crippen LogP contribution in [0.5, 0.6) is 0 Å². The number of anilines is 1. The van der Waals surface area contributed by atoms with E-state index in [1.54, 1.807) is 37.4 Å². The summed E-state index contributed by atoms with van der Waals surface area (Å²) in [4.78, 5) is 32.6. The van der Waals surface area contributed by atoms with E-state index in [-0.39, 0.29) is 11.8 Å². The summed E-state index contributed by atoms with van der Waals surface area (Å²) in [7, 11) is 1.66. The largest absolute Gasteiger partial charge is 0.465 e. The molecule has 36 heavy (non-hydrogen) atoms. The van der Waals surface area contributed by atoms with E-state index >= 15 is 0 Å². The van der Waals surface area contributed by atoms with E-state index < -0.39 is 11.6 Å². The van der Waals surface area contributed by atoms with Crippen molar-refractivity contribution in [3.8, 4) is 6.07 Å². The summed E-state index contributed by atoms with van der Waals surface area (Å²) in [6.45, 7) is 3.39. The van der Waals surface area contributed by atoms with Crippen LogP contribution in [0.4, 0.5) is 10.5 Å². The SMILES string of the molecule is CCc1ccc(CN2C[C@@H](c3ccc(C#N)cc3)[C@]3(C2)C(=O)N(c2cc(Cl)cc(Cl)c2)C(=O)N3C)o1. The zero-order valence-corrected chi connectivity index (χ0v) is 21.4. The summed E-state index contributed by atoms with van der Waals surface area (Å²) < 4.78 is 5.93. The minimum absolute atomic E-state index is 0.325. The summed E-state index contributed by atoms with van der Waals surface area (Å²) in [5, 5.41) is 9.92. The number of hydrogen-bond acceptors (Lipinski definition) is 5. The predicted octanol–water partition coefficient (Wildman–Crippen LogP) is 5.46. The zero-order chi connectivity index (χ0) is 25.6. The van der Waals surface area contributed by atoms with Crippen molar-refractivity contribution < 1.29 is 14.0 Å². The number of nitriles is 1. The number of imide groups is 1. The number of halogens is 2. The van der Waals surface area contributed by atoms with Crippen molar-refractivity contribution in [2.75, 3.05) is 25.0 Å². The number of rotatable bonds is 5. The molecule has 0 radical (unpaired) electrons. The highest BCUT2D eigenvalue weighted by molar-refractivity contribution is 6.35. The van der Waals surface area contributed by atoms with Crippen molar-refractivity contribution >= 4 is 40.8 Å². The van der Waals surface area contributed by atoms with Gasteiger partial charge < -0.3 is 9.32 Å². The first kappa shape index (κ1) is 24.4. The predicted molar refractivity (Wildman–Crippen MR) is 137 cm³/mol. The molecule has 0 bridgehead atoms. The molecule has 2 aliphatic heterocycles. The van der Waals surface area contributed by atoms with E-state index in [0.29, 0.717) is 40.9 Å².